The van der Waals surface area contributed by atoms with Gasteiger partial charge in [0.25, 0.3) is 11.8 Å². The van der Waals surface area contributed by atoms with E-state index in [2.05, 4.69) is 28.0 Å². The van der Waals surface area contributed by atoms with Crippen LogP contribution < -0.4 is 20.5 Å². The molecule has 2 amide bonds. The number of ether oxygens (including phenoxy) is 1. The van der Waals surface area contributed by atoms with Crippen LogP contribution in [0, 0.1) is 0 Å². The fraction of sp³-hybridized carbons (Fsp3) is 0.400. The summed E-state index contributed by atoms with van der Waals surface area (Å²) in [5.74, 6) is 0.375. The number of nitrogens with zero attached hydrogens (tertiary/aromatic N) is 3. The Morgan fingerprint density at radius 2 is 1.64 bits per heavy atom. The molecule has 1 aromatic carbocycles. The van der Waals surface area contributed by atoms with Crippen molar-refractivity contribution in [3.8, 4) is 5.75 Å². The summed E-state index contributed by atoms with van der Waals surface area (Å²) in [7, 11) is 3.65. The second-order valence-electron chi connectivity index (χ2n) is 6.51. The van der Waals surface area contributed by atoms with Gasteiger partial charge in [0, 0.05) is 19.7 Å². The van der Waals surface area contributed by atoms with Crippen molar-refractivity contribution < 1.29 is 14.3 Å². The SMILES string of the molecule is CCCCCCOc1ccc(C(=O)NNC(=O)c2ccc(N(C)C)nn2)cc1. The highest BCUT2D eigenvalue weighted by atomic mass is 16.5. The minimum absolute atomic E-state index is 0.109. The smallest absolute Gasteiger partial charge is 0.290 e. The Labute approximate surface area is 165 Å². The number of aromatic nitrogens is 2. The maximum Gasteiger partial charge on any atom is 0.290 e. The zero-order chi connectivity index (χ0) is 20.4. The third-order valence-electron chi connectivity index (χ3n) is 4.01. The monoisotopic (exact) mass is 385 g/mol. The van der Waals surface area contributed by atoms with Crippen molar-refractivity contribution in [2.75, 3.05) is 25.6 Å². The van der Waals surface area contributed by atoms with Gasteiger partial charge in [0.05, 0.1) is 6.61 Å². The molecule has 0 aliphatic heterocycles. The van der Waals surface area contributed by atoms with E-state index >= 15 is 0 Å². The van der Waals surface area contributed by atoms with Gasteiger partial charge < -0.3 is 9.64 Å². The molecule has 0 spiro atoms. The molecule has 1 aromatic heterocycles. The first-order valence-corrected chi connectivity index (χ1v) is 9.36. The van der Waals surface area contributed by atoms with Crippen LogP contribution in [0.3, 0.4) is 0 Å². The van der Waals surface area contributed by atoms with E-state index in [0.29, 0.717) is 23.7 Å². The van der Waals surface area contributed by atoms with E-state index in [0.717, 1.165) is 12.8 Å². The predicted molar refractivity (Wildman–Crippen MR) is 107 cm³/mol. The molecule has 0 atom stereocenters. The van der Waals surface area contributed by atoms with Gasteiger partial charge in [0.15, 0.2) is 11.5 Å². The van der Waals surface area contributed by atoms with Crippen molar-refractivity contribution in [3.63, 3.8) is 0 Å². The van der Waals surface area contributed by atoms with Crippen molar-refractivity contribution in [1.82, 2.24) is 21.0 Å². The van der Waals surface area contributed by atoms with Crippen LogP contribution in [-0.2, 0) is 0 Å². The fourth-order valence-corrected chi connectivity index (χ4v) is 2.36. The van der Waals surface area contributed by atoms with Gasteiger partial charge in [-0.1, -0.05) is 26.2 Å². The van der Waals surface area contributed by atoms with E-state index in [1.807, 2.05) is 14.1 Å². The van der Waals surface area contributed by atoms with Gasteiger partial charge in [-0.05, 0) is 42.8 Å². The number of hydrazine groups is 1. The van der Waals surface area contributed by atoms with Gasteiger partial charge in [0.2, 0.25) is 0 Å². The number of hydrogen-bond acceptors (Lipinski definition) is 6. The number of carbonyl (C=O) groups excluding carboxylic acids is 2. The first-order chi connectivity index (χ1) is 13.5. The lowest BCUT2D eigenvalue weighted by Crippen LogP contribution is -2.42. The lowest BCUT2D eigenvalue weighted by atomic mass is 10.2. The molecular weight excluding hydrogens is 358 g/mol. The van der Waals surface area contributed by atoms with Crippen LogP contribution in [0.15, 0.2) is 36.4 Å². The third kappa shape index (κ3) is 6.53. The Bertz CT molecular complexity index is 760. The predicted octanol–water partition coefficient (Wildman–Crippen LogP) is 2.58. The number of amides is 2. The fourth-order valence-electron chi connectivity index (χ4n) is 2.36. The van der Waals surface area contributed by atoms with Crippen LogP contribution in [0.2, 0.25) is 0 Å². The highest BCUT2D eigenvalue weighted by Crippen LogP contribution is 2.13. The van der Waals surface area contributed by atoms with Crippen LogP contribution in [-0.4, -0.2) is 42.7 Å². The topological polar surface area (TPSA) is 96.5 Å². The van der Waals surface area contributed by atoms with E-state index in [9.17, 15) is 9.59 Å². The molecule has 0 unspecified atom stereocenters. The largest absolute Gasteiger partial charge is 0.494 e. The molecule has 0 radical (unpaired) electrons. The highest BCUT2D eigenvalue weighted by Gasteiger charge is 2.11. The van der Waals surface area contributed by atoms with E-state index in [1.165, 1.54) is 18.9 Å². The molecule has 0 bridgehead atoms. The number of unbranched alkanes of at least 4 members (excludes halogenated alkanes) is 3. The Balaban J connectivity index is 1.79. The van der Waals surface area contributed by atoms with Crippen LogP contribution in [0.1, 0.15) is 53.5 Å². The Hall–Kier alpha value is -3.16. The minimum atomic E-state index is -0.543. The van der Waals surface area contributed by atoms with Gasteiger partial charge in [-0.25, -0.2) is 0 Å². The number of nitrogens with one attached hydrogen (secondary N) is 2. The van der Waals surface area contributed by atoms with Crippen molar-refractivity contribution in [2.45, 2.75) is 32.6 Å². The number of rotatable bonds is 9. The molecule has 0 aliphatic rings. The summed E-state index contributed by atoms with van der Waals surface area (Å²) >= 11 is 0. The van der Waals surface area contributed by atoms with Crippen LogP contribution in [0.25, 0.3) is 0 Å². The summed E-state index contributed by atoms with van der Waals surface area (Å²) in [4.78, 5) is 26.0. The number of benzene rings is 1. The van der Waals surface area contributed by atoms with E-state index in [1.54, 1.807) is 35.2 Å². The second-order valence-corrected chi connectivity index (χ2v) is 6.51. The molecule has 8 nitrogen and oxygen atoms in total. The van der Waals surface area contributed by atoms with E-state index < -0.39 is 11.8 Å². The number of hydrogen-bond donors (Lipinski definition) is 2. The van der Waals surface area contributed by atoms with Gasteiger partial charge >= 0.3 is 0 Å². The molecule has 1 heterocycles. The first-order valence-electron chi connectivity index (χ1n) is 9.36. The zero-order valence-electron chi connectivity index (χ0n) is 16.6. The summed E-state index contributed by atoms with van der Waals surface area (Å²) in [5, 5.41) is 7.76. The molecule has 0 saturated carbocycles. The standard InChI is InChI=1S/C20H27N5O3/c1-4-5-6-7-14-28-16-10-8-15(9-11-16)19(26)23-24-20(27)17-12-13-18(22-21-17)25(2)3/h8-13H,4-7,14H2,1-3H3,(H,23,26)(H,24,27). The molecule has 2 N–H and O–H groups in total. The molecule has 28 heavy (non-hydrogen) atoms. The Kier molecular flexibility index (Phi) is 8.20. The second kappa shape index (κ2) is 10.9. The zero-order valence-corrected chi connectivity index (χ0v) is 16.6. The maximum atomic E-state index is 12.2. The van der Waals surface area contributed by atoms with Crippen molar-refractivity contribution >= 4 is 17.6 Å². The maximum absolute atomic E-state index is 12.2. The summed E-state index contributed by atoms with van der Waals surface area (Å²) in [6.45, 7) is 2.83. The molecule has 2 aromatic rings. The highest BCUT2D eigenvalue weighted by molar-refractivity contribution is 5.98. The lowest BCUT2D eigenvalue weighted by Gasteiger charge is -2.11. The minimum Gasteiger partial charge on any atom is -0.494 e. The van der Waals surface area contributed by atoms with Crippen molar-refractivity contribution in [1.29, 1.82) is 0 Å². The van der Waals surface area contributed by atoms with Crippen LogP contribution in [0.4, 0.5) is 5.82 Å². The number of anilines is 1. The van der Waals surface area contributed by atoms with Gasteiger partial charge in [-0.15, -0.1) is 10.2 Å². The summed E-state index contributed by atoms with van der Waals surface area (Å²) in [5.41, 5.74) is 5.21. The average Bonchev–Trinajstić information content (AvgIpc) is 2.72. The third-order valence-corrected chi connectivity index (χ3v) is 4.01. The molecule has 8 heteroatoms. The molecular formula is C20H27N5O3. The molecule has 0 aliphatic carbocycles. The van der Waals surface area contributed by atoms with Crippen molar-refractivity contribution in [2.24, 2.45) is 0 Å². The van der Waals surface area contributed by atoms with Crippen molar-refractivity contribution in [3.05, 3.63) is 47.7 Å². The lowest BCUT2D eigenvalue weighted by molar-refractivity contribution is 0.0843. The van der Waals surface area contributed by atoms with Gasteiger partial charge in [-0.2, -0.15) is 0 Å². The molecule has 150 valence electrons. The molecule has 0 fully saturated rings. The Morgan fingerprint density at radius 1 is 0.929 bits per heavy atom. The normalized spacial score (nSPS) is 10.2. The van der Waals surface area contributed by atoms with Crippen LogP contribution in [0.5, 0.6) is 5.75 Å². The molecule has 2 rings (SSSR count). The molecule has 0 saturated heterocycles. The van der Waals surface area contributed by atoms with Gasteiger partial charge in [0.1, 0.15) is 5.75 Å². The number of carbonyl (C=O) groups is 2. The summed E-state index contributed by atoms with van der Waals surface area (Å²) < 4.78 is 5.65. The average molecular weight is 385 g/mol. The van der Waals surface area contributed by atoms with Crippen LogP contribution >= 0.6 is 0 Å². The van der Waals surface area contributed by atoms with Gasteiger partial charge in [-0.3, -0.25) is 20.4 Å². The van der Waals surface area contributed by atoms with E-state index in [4.69, 9.17) is 4.74 Å². The Morgan fingerprint density at radius 3 is 2.25 bits per heavy atom. The first kappa shape index (κ1) is 21.1. The summed E-state index contributed by atoms with van der Waals surface area (Å²) in [6, 6.07) is 9.98. The van der Waals surface area contributed by atoms with E-state index in [-0.39, 0.29) is 5.69 Å². The quantitative estimate of drug-likeness (QED) is 0.509. The summed E-state index contributed by atoms with van der Waals surface area (Å²) in [6.07, 6.45) is 4.56.